The molecule has 0 bridgehead atoms. The monoisotopic (exact) mass is 207 g/mol. The summed E-state index contributed by atoms with van der Waals surface area (Å²) in [6.07, 6.45) is -4.30. The molecule has 2 N–H and O–H groups in total. The van der Waals surface area contributed by atoms with Crippen LogP contribution in [0.15, 0.2) is 12.1 Å². The van der Waals surface area contributed by atoms with Gasteiger partial charge in [-0.25, -0.2) is 0 Å². The second kappa shape index (κ2) is 3.18. The fourth-order valence-electron chi connectivity index (χ4n) is 0.989. The van der Waals surface area contributed by atoms with Crippen molar-refractivity contribution in [3.8, 4) is 0 Å². The molecule has 0 radical (unpaired) electrons. The molecular weight excluding hydrogens is 198 g/mol. The van der Waals surface area contributed by atoms with E-state index in [0.717, 1.165) is 12.1 Å². The van der Waals surface area contributed by atoms with Gasteiger partial charge in [-0.2, -0.15) is 13.2 Å². The summed E-state index contributed by atoms with van der Waals surface area (Å²) in [7, 11) is 2.19. The van der Waals surface area contributed by atoms with Gasteiger partial charge in [0.05, 0.1) is 5.56 Å². The Labute approximate surface area is 76.3 Å². The number of alkyl halides is 3. The van der Waals surface area contributed by atoms with Gasteiger partial charge in [-0.15, -0.1) is 9.24 Å². The predicted octanol–water partition coefficient (Wildman–Crippen LogP) is 2.10. The van der Waals surface area contributed by atoms with E-state index in [9.17, 15) is 13.2 Å². The molecule has 0 aromatic heterocycles. The van der Waals surface area contributed by atoms with E-state index >= 15 is 0 Å². The smallest absolute Gasteiger partial charge is 0.398 e. The molecule has 0 aliphatic carbocycles. The highest BCUT2D eigenvalue weighted by Gasteiger charge is 2.31. The second-order valence-electron chi connectivity index (χ2n) is 2.79. The van der Waals surface area contributed by atoms with E-state index < -0.39 is 11.7 Å². The van der Waals surface area contributed by atoms with Crippen LogP contribution in [0.4, 0.5) is 18.9 Å². The summed E-state index contributed by atoms with van der Waals surface area (Å²) in [6, 6.07) is 2.07. The third-order valence-corrected chi connectivity index (χ3v) is 2.22. The lowest BCUT2D eigenvalue weighted by atomic mass is 10.1. The Morgan fingerprint density at radius 1 is 1.31 bits per heavy atom. The van der Waals surface area contributed by atoms with Gasteiger partial charge >= 0.3 is 6.18 Å². The van der Waals surface area contributed by atoms with Gasteiger partial charge in [-0.1, -0.05) is 0 Å². The third-order valence-electron chi connectivity index (χ3n) is 1.75. The molecule has 0 fully saturated rings. The molecule has 13 heavy (non-hydrogen) atoms. The van der Waals surface area contributed by atoms with Crippen LogP contribution in [0.5, 0.6) is 0 Å². The fourth-order valence-corrected chi connectivity index (χ4v) is 1.40. The van der Waals surface area contributed by atoms with Gasteiger partial charge < -0.3 is 5.73 Å². The zero-order valence-electron chi connectivity index (χ0n) is 6.94. The largest absolute Gasteiger partial charge is 0.416 e. The Balaban J connectivity index is 3.29. The maximum Gasteiger partial charge on any atom is 0.416 e. The van der Waals surface area contributed by atoms with Crippen molar-refractivity contribution in [1.82, 2.24) is 0 Å². The lowest BCUT2D eigenvalue weighted by Crippen LogP contribution is -2.12. The maximum absolute atomic E-state index is 12.2. The molecule has 72 valence electrons. The average Bonchev–Trinajstić information content (AvgIpc) is 1.97. The van der Waals surface area contributed by atoms with E-state index in [1.165, 1.54) is 0 Å². The van der Waals surface area contributed by atoms with E-state index in [4.69, 9.17) is 5.73 Å². The van der Waals surface area contributed by atoms with E-state index in [2.05, 4.69) is 9.24 Å². The molecule has 0 saturated carbocycles. The number of halogens is 3. The number of anilines is 1. The highest BCUT2D eigenvalue weighted by molar-refractivity contribution is 7.28. The predicted molar refractivity (Wildman–Crippen MR) is 49.9 cm³/mol. The van der Waals surface area contributed by atoms with Crippen molar-refractivity contribution >= 4 is 20.2 Å². The first-order chi connectivity index (χ1) is 5.82. The summed E-state index contributed by atoms with van der Waals surface area (Å²) < 4.78 is 36.7. The zero-order chi connectivity index (χ0) is 10.2. The quantitative estimate of drug-likeness (QED) is 0.511. The summed E-state index contributed by atoms with van der Waals surface area (Å²) >= 11 is 0. The molecule has 0 spiro atoms. The molecule has 1 atom stereocenters. The number of hydrogen-bond donors (Lipinski definition) is 1. The Morgan fingerprint density at radius 3 is 2.23 bits per heavy atom. The van der Waals surface area contributed by atoms with Gasteiger partial charge in [0.25, 0.3) is 0 Å². The molecular formula is C8H9F3NP. The van der Waals surface area contributed by atoms with Crippen molar-refractivity contribution in [2.24, 2.45) is 0 Å². The van der Waals surface area contributed by atoms with Crippen LogP contribution in [-0.2, 0) is 6.18 Å². The molecule has 0 aliphatic heterocycles. The summed E-state index contributed by atoms with van der Waals surface area (Å²) in [6.45, 7) is 1.55. The van der Waals surface area contributed by atoms with Gasteiger partial charge in [-0.3, -0.25) is 0 Å². The standard InChI is InChI=1S/C8H9F3NP/c1-4-2-5(8(9,10)11)3-6(13)7(4)12/h2-3H,12-13H2,1H3. The van der Waals surface area contributed by atoms with Gasteiger partial charge in [0, 0.05) is 5.69 Å². The average molecular weight is 207 g/mol. The van der Waals surface area contributed by atoms with Crippen LogP contribution in [0.25, 0.3) is 0 Å². The summed E-state index contributed by atoms with van der Waals surface area (Å²) in [5, 5.41) is 0.382. The Morgan fingerprint density at radius 2 is 1.85 bits per heavy atom. The van der Waals surface area contributed by atoms with Crippen LogP contribution in [0.2, 0.25) is 0 Å². The van der Waals surface area contributed by atoms with Crippen molar-refractivity contribution in [3.63, 3.8) is 0 Å². The number of hydrogen-bond acceptors (Lipinski definition) is 1. The fraction of sp³-hybridized carbons (Fsp3) is 0.250. The summed E-state index contributed by atoms with van der Waals surface area (Å²) in [4.78, 5) is 0. The first kappa shape index (κ1) is 10.3. The van der Waals surface area contributed by atoms with Gasteiger partial charge in [-0.05, 0) is 29.9 Å². The van der Waals surface area contributed by atoms with Gasteiger partial charge in [0.15, 0.2) is 0 Å². The maximum atomic E-state index is 12.2. The zero-order valence-corrected chi connectivity index (χ0v) is 8.10. The first-order valence-electron chi connectivity index (χ1n) is 3.55. The van der Waals surface area contributed by atoms with Gasteiger partial charge in [0.1, 0.15) is 0 Å². The minimum absolute atomic E-state index is 0.382. The summed E-state index contributed by atoms with van der Waals surface area (Å²) in [5.74, 6) is 0. The molecule has 0 aliphatic rings. The molecule has 0 heterocycles. The van der Waals surface area contributed by atoms with E-state index in [0.29, 0.717) is 16.6 Å². The molecule has 1 unspecified atom stereocenters. The molecule has 5 heteroatoms. The van der Waals surface area contributed by atoms with E-state index in [1.807, 2.05) is 0 Å². The molecule has 1 nitrogen and oxygen atoms in total. The number of nitrogen functional groups attached to an aromatic ring is 1. The van der Waals surface area contributed by atoms with E-state index in [-0.39, 0.29) is 0 Å². The van der Waals surface area contributed by atoms with Crippen molar-refractivity contribution in [2.45, 2.75) is 13.1 Å². The Bertz CT molecular complexity index is 310. The highest BCUT2D eigenvalue weighted by atomic mass is 31.0. The Hall–Kier alpha value is -0.760. The lowest BCUT2D eigenvalue weighted by molar-refractivity contribution is -0.137. The van der Waals surface area contributed by atoms with Crippen LogP contribution in [0.1, 0.15) is 11.1 Å². The van der Waals surface area contributed by atoms with Crippen LogP contribution in [0, 0.1) is 6.92 Å². The number of nitrogens with two attached hydrogens (primary N) is 1. The van der Waals surface area contributed by atoms with Crippen LogP contribution in [-0.4, -0.2) is 0 Å². The number of rotatable bonds is 0. The number of aryl methyl sites for hydroxylation is 1. The van der Waals surface area contributed by atoms with Gasteiger partial charge in [0.2, 0.25) is 0 Å². The second-order valence-corrected chi connectivity index (χ2v) is 3.42. The topological polar surface area (TPSA) is 26.0 Å². The first-order valence-corrected chi connectivity index (χ1v) is 4.13. The summed E-state index contributed by atoms with van der Waals surface area (Å²) in [5.41, 5.74) is 5.67. The number of benzene rings is 1. The molecule has 0 amide bonds. The van der Waals surface area contributed by atoms with Crippen LogP contribution in [0.3, 0.4) is 0 Å². The lowest BCUT2D eigenvalue weighted by Gasteiger charge is -2.11. The SMILES string of the molecule is Cc1cc(C(F)(F)F)cc(P)c1N. The van der Waals surface area contributed by atoms with Crippen LogP contribution >= 0.6 is 9.24 Å². The highest BCUT2D eigenvalue weighted by Crippen LogP contribution is 2.30. The minimum atomic E-state index is -4.30. The van der Waals surface area contributed by atoms with E-state index in [1.54, 1.807) is 6.92 Å². The Kier molecular flexibility index (Phi) is 2.53. The molecule has 0 saturated heterocycles. The van der Waals surface area contributed by atoms with Crippen molar-refractivity contribution in [2.75, 3.05) is 5.73 Å². The molecule has 1 rings (SSSR count). The van der Waals surface area contributed by atoms with Crippen LogP contribution < -0.4 is 11.0 Å². The molecule has 1 aromatic carbocycles. The van der Waals surface area contributed by atoms with Crippen molar-refractivity contribution < 1.29 is 13.2 Å². The minimum Gasteiger partial charge on any atom is -0.398 e. The normalized spacial score (nSPS) is 11.8. The van der Waals surface area contributed by atoms with Crippen molar-refractivity contribution in [3.05, 3.63) is 23.3 Å². The van der Waals surface area contributed by atoms with Crippen molar-refractivity contribution in [1.29, 1.82) is 0 Å². The molecule has 1 aromatic rings. The third kappa shape index (κ3) is 2.13.